The molecular formula is C31H27N3O6. The molecule has 1 aromatic heterocycles. The van der Waals surface area contributed by atoms with Gasteiger partial charge in [0.05, 0.1) is 32.6 Å². The minimum absolute atomic E-state index is 0.236. The van der Waals surface area contributed by atoms with Crippen LogP contribution in [0.2, 0.25) is 0 Å². The molecule has 9 heteroatoms. The Balaban J connectivity index is 1.36. The van der Waals surface area contributed by atoms with Crippen molar-refractivity contribution in [1.29, 1.82) is 0 Å². The Hall–Kier alpha value is -5.31. The van der Waals surface area contributed by atoms with E-state index in [4.69, 9.17) is 23.5 Å². The van der Waals surface area contributed by atoms with Crippen molar-refractivity contribution in [3.05, 3.63) is 102 Å². The van der Waals surface area contributed by atoms with Gasteiger partial charge < -0.3 is 28.8 Å². The summed E-state index contributed by atoms with van der Waals surface area (Å²) in [5.41, 5.74) is 3.18. The molecule has 5 aromatic rings. The zero-order valence-electron chi connectivity index (χ0n) is 22.2. The molecule has 0 unspecified atom stereocenters. The Morgan fingerprint density at radius 2 is 1.55 bits per heavy atom. The lowest BCUT2D eigenvalue weighted by Gasteiger charge is -2.12. The third-order valence-electron chi connectivity index (χ3n) is 6.10. The van der Waals surface area contributed by atoms with Gasteiger partial charge in [-0.2, -0.15) is 4.98 Å². The van der Waals surface area contributed by atoms with E-state index in [0.717, 1.165) is 5.56 Å². The number of benzene rings is 4. The summed E-state index contributed by atoms with van der Waals surface area (Å²) in [6.07, 6.45) is 0. The second-order valence-corrected chi connectivity index (χ2v) is 8.64. The number of carbonyl (C=O) groups is 1. The van der Waals surface area contributed by atoms with Crippen LogP contribution in [0, 0.1) is 0 Å². The Kier molecular flexibility index (Phi) is 7.92. The monoisotopic (exact) mass is 537 g/mol. The van der Waals surface area contributed by atoms with E-state index < -0.39 is 0 Å². The number of rotatable bonds is 10. The minimum atomic E-state index is -0.304. The zero-order chi connectivity index (χ0) is 27.9. The van der Waals surface area contributed by atoms with Crippen molar-refractivity contribution in [2.45, 2.75) is 6.61 Å². The van der Waals surface area contributed by atoms with Crippen LogP contribution in [-0.4, -0.2) is 37.4 Å². The molecule has 0 bridgehead atoms. The predicted octanol–water partition coefficient (Wildman–Crippen LogP) is 6.26. The van der Waals surface area contributed by atoms with E-state index in [1.54, 1.807) is 42.5 Å². The number of para-hydroxylation sites is 1. The van der Waals surface area contributed by atoms with E-state index >= 15 is 0 Å². The van der Waals surface area contributed by atoms with Crippen LogP contribution in [0.5, 0.6) is 23.0 Å². The molecule has 40 heavy (non-hydrogen) atoms. The maximum absolute atomic E-state index is 13.2. The number of anilines is 1. The molecule has 0 fully saturated rings. The molecule has 9 nitrogen and oxygen atoms in total. The average Bonchev–Trinajstić information content (AvgIpc) is 3.50. The lowest BCUT2D eigenvalue weighted by Crippen LogP contribution is -2.12. The van der Waals surface area contributed by atoms with Crippen LogP contribution in [0.1, 0.15) is 15.9 Å². The fourth-order valence-corrected chi connectivity index (χ4v) is 4.10. The first-order valence-electron chi connectivity index (χ1n) is 12.4. The molecule has 0 saturated heterocycles. The van der Waals surface area contributed by atoms with Crippen molar-refractivity contribution in [2.75, 3.05) is 26.6 Å². The van der Waals surface area contributed by atoms with Crippen molar-refractivity contribution in [3.8, 4) is 45.8 Å². The molecule has 1 amide bonds. The number of nitrogens with zero attached hydrogens (tertiary/aromatic N) is 2. The van der Waals surface area contributed by atoms with E-state index in [9.17, 15) is 4.79 Å². The summed E-state index contributed by atoms with van der Waals surface area (Å²) < 4.78 is 27.7. The Labute approximate surface area is 231 Å². The smallest absolute Gasteiger partial charge is 0.260 e. The van der Waals surface area contributed by atoms with Gasteiger partial charge in [0, 0.05) is 11.1 Å². The number of hydrogen-bond donors (Lipinski definition) is 1. The summed E-state index contributed by atoms with van der Waals surface area (Å²) >= 11 is 0. The highest BCUT2D eigenvalue weighted by Crippen LogP contribution is 2.41. The standard InChI is InChI=1S/C31H27N3O6/c1-36-26-17-22(18-27(37-2)28(26)38-3)29-33-31(40-34-29)24-14-7-8-15-25(24)32-30(35)21-12-9-13-23(16-21)39-19-20-10-5-4-6-11-20/h4-18H,19H2,1-3H3,(H,32,35). The highest BCUT2D eigenvalue weighted by molar-refractivity contribution is 6.06. The molecular weight excluding hydrogens is 510 g/mol. The van der Waals surface area contributed by atoms with Crippen LogP contribution in [-0.2, 0) is 6.61 Å². The van der Waals surface area contributed by atoms with Crippen LogP contribution >= 0.6 is 0 Å². The second kappa shape index (κ2) is 12.0. The first-order valence-corrected chi connectivity index (χ1v) is 12.4. The maximum Gasteiger partial charge on any atom is 0.260 e. The molecule has 4 aromatic carbocycles. The zero-order valence-corrected chi connectivity index (χ0v) is 22.2. The fraction of sp³-hybridized carbons (Fsp3) is 0.129. The number of ether oxygens (including phenoxy) is 4. The van der Waals surface area contributed by atoms with E-state index in [1.807, 2.05) is 48.5 Å². The predicted molar refractivity (Wildman–Crippen MR) is 150 cm³/mol. The normalized spacial score (nSPS) is 10.6. The van der Waals surface area contributed by atoms with E-state index in [2.05, 4.69) is 15.5 Å². The Morgan fingerprint density at radius 1 is 0.825 bits per heavy atom. The number of aromatic nitrogens is 2. The summed E-state index contributed by atoms with van der Waals surface area (Å²) in [6.45, 7) is 0.403. The van der Waals surface area contributed by atoms with Crippen LogP contribution < -0.4 is 24.3 Å². The number of hydrogen-bond acceptors (Lipinski definition) is 8. The molecule has 0 saturated carbocycles. The van der Waals surface area contributed by atoms with Gasteiger partial charge in [0.25, 0.3) is 11.8 Å². The third kappa shape index (κ3) is 5.73. The van der Waals surface area contributed by atoms with E-state index in [-0.39, 0.29) is 11.8 Å². The summed E-state index contributed by atoms with van der Waals surface area (Å²) in [4.78, 5) is 17.7. The Bertz CT molecular complexity index is 1590. The summed E-state index contributed by atoms with van der Waals surface area (Å²) in [5.74, 6) is 2.23. The molecule has 1 N–H and O–H groups in total. The van der Waals surface area contributed by atoms with Gasteiger partial charge in [-0.25, -0.2) is 0 Å². The highest BCUT2D eigenvalue weighted by Gasteiger charge is 2.20. The van der Waals surface area contributed by atoms with Crippen molar-refractivity contribution in [3.63, 3.8) is 0 Å². The molecule has 0 aliphatic rings. The molecule has 5 rings (SSSR count). The van der Waals surface area contributed by atoms with Gasteiger partial charge in [0.15, 0.2) is 11.5 Å². The van der Waals surface area contributed by atoms with Crippen molar-refractivity contribution < 1.29 is 28.3 Å². The molecule has 1 heterocycles. The minimum Gasteiger partial charge on any atom is -0.493 e. The molecule has 0 radical (unpaired) electrons. The van der Waals surface area contributed by atoms with Crippen molar-refractivity contribution in [2.24, 2.45) is 0 Å². The first-order chi connectivity index (χ1) is 19.6. The van der Waals surface area contributed by atoms with Gasteiger partial charge in [-0.15, -0.1) is 0 Å². The van der Waals surface area contributed by atoms with Crippen LogP contribution in [0.25, 0.3) is 22.8 Å². The lowest BCUT2D eigenvalue weighted by atomic mass is 10.1. The number of methoxy groups -OCH3 is 3. The summed E-state index contributed by atoms with van der Waals surface area (Å²) in [5, 5.41) is 7.09. The highest BCUT2D eigenvalue weighted by atomic mass is 16.5. The van der Waals surface area contributed by atoms with Gasteiger partial charge in [-0.1, -0.05) is 53.7 Å². The molecule has 0 aliphatic carbocycles. The largest absolute Gasteiger partial charge is 0.493 e. The summed E-state index contributed by atoms with van der Waals surface area (Å²) in [6, 6.07) is 27.5. The topological polar surface area (TPSA) is 105 Å². The van der Waals surface area contributed by atoms with Crippen LogP contribution in [0.3, 0.4) is 0 Å². The molecule has 202 valence electrons. The van der Waals surface area contributed by atoms with Gasteiger partial charge in [-0.05, 0) is 48.0 Å². The first kappa shape index (κ1) is 26.3. The number of amides is 1. The Morgan fingerprint density at radius 3 is 2.27 bits per heavy atom. The third-order valence-corrected chi connectivity index (χ3v) is 6.10. The summed E-state index contributed by atoms with van der Waals surface area (Å²) in [7, 11) is 4.60. The molecule has 0 aliphatic heterocycles. The SMILES string of the molecule is COc1cc(-c2noc(-c3ccccc3NC(=O)c3cccc(OCc4ccccc4)c3)n2)cc(OC)c1OC. The average molecular weight is 538 g/mol. The quantitative estimate of drug-likeness (QED) is 0.223. The van der Waals surface area contributed by atoms with Crippen LogP contribution in [0.15, 0.2) is 95.5 Å². The maximum atomic E-state index is 13.2. The lowest BCUT2D eigenvalue weighted by molar-refractivity contribution is 0.102. The number of carbonyl (C=O) groups excluding carboxylic acids is 1. The van der Waals surface area contributed by atoms with Crippen molar-refractivity contribution in [1.82, 2.24) is 10.1 Å². The van der Waals surface area contributed by atoms with Gasteiger partial charge >= 0.3 is 0 Å². The molecule has 0 atom stereocenters. The van der Waals surface area contributed by atoms with Crippen LogP contribution in [0.4, 0.5) is 5.69 Å². The van der Waals surface area contributed by atoms with Gasteiger partial charge in [0.2, 0.25) is 11.6 Å². The fourth-order valence-electron chi connectivity index (χ4n) is 4.10. The van der Waals surface area contributed by atoms with E-state index in [0.29, 0.717) is 57.8 Å². The van der Waals surface area contributed by atoms with Gasteiger partial charge in [0.1, 0.15) is 12.4 Å². The van der Waals surface area contributed by atoms with Crippen molar-refractivity contribution >= 4 is 11.6 Å². The number of nitrogens with one attached hydrogen (secondary N) is 1. The van der Waals surface area contributed by atoms with Gasteiger partial charge in [-0.3, -0.25) is 4.79 Å². The molecule has 0 spiro atoms. The second-order valence-electron chi connectivity index (χ2n) is 8.64. The van der Waals surface area contributed by atoms with E-state index in [1.165, 1.54) is 21.3 Å².